The molecule has 0 saturated heterocycles. The van der Waals surface area contributed by atoms with Gasteiger partial charge in [-0.25, -0.2) is 0 Å². The Kier molecular flexibility index (Phi) is 5.67. The molecule has 0 heterocycles. The molecule has 1 aromatic rings. The molecule has 0 spiro atoms. The number of aliphatic hydroxyl groups excluding tert-OH is 1. The summed E-state index contributed by atoms with van der Waals surface area (Å²) >= 11 is 0. The topological polar surface area (TPSA) is 35.5 Å². The van der Waals surface area contributed by atoms with E-state index in [0.29, 0.717) is 6.04 Å². The number of anilines is 1. The van der Waals surface area contributed by atoms with Crippen molar-refractivity contribution in [1.29, 1.82) is 0 Å². The highest BCUT2D eigenvalue weighted by molar-refractivity contribution is 5.44. The molecule has 1 aromatic carbocycles. The normalized spacial score (nSPS) is 23.3. The van der Waals surface area contributed by atoms with Gasteiger partial charge in [0.15, 0.2) is 0 Å². The molecular weight excluding hydrogens is 236 g/mol. The molecule has 19 heavy (non-hydrogen) atoms. The van der Waals surface area contributed by atoms with Crippen molar-refractivity contribution in [2.45, 2.75) is 44.2 Å². The molecule has 0 aromatic heterocycles. The first-order valence-corrected chi connectivity index (χ1v) is 7.45. The Labute approximate surface area is 116 Å². The van der Waals surface area contributed by atoms with Gasteiger partial charge in [-0.1, -0.05) is 31.0 Å². The molecule has 1 aliphatic rings. The Morgan fingerprint density at radius 2 is 1.95 bits per heavy atom. The largest absolute Gasteiger partial charge is 0.392 e. The zero-order valence-corrected chi connectivity index (χ0v) is 11.9. The SMILES string of the molecule is CN(CCCNC1CCCCC1O)c1ccccc1. The molecule has 1 fully saturated rings. The third-order valence-corrected chi connectivity index (χ3v) is 4.00. The third-order valence-electron chi connectivity index (χ3n) is 4.00. The fraction of sp³-hybridized carbons (Fsp3) is 0.625. The third kappa shape index (κ3) is 4.51. The van der Waals surface area contributed by atoms with Crippen molar-refractivity contribution in [3.05, 3.63) is 30.3 Å². The lowest BCUT2D eigenvalue weighted by molar-refractivity contribution is 0.0911. The summed E-state index contributed by atoms with van der Waals surface area (Å²) in [5.41, 5.74) is 1.26. The van der Waals surface area contributed by atoms with Crippen LogP contribution >= 0.6 is 0 Å². The van der Waals surface area contributed by atoms with Crippen molar-refractivity contribution in [2.75, 3.05) is 25.0 Å². The first kappa shape index (κ1) is 14.4. The molecule has 1 aliphatic carbocycles. The van der Waals surface area contributed by atoms with Gasteiger partial charge in [-0.05, 0) is 37.9 Å². The van der Waals surface area contributed by atoms with Crippen LogP contribution in [0.5, 0.6) is 0 Å². The molecule has 1 saturated carbocycles. The highest BCUT2D eigenvalue weighted by atomic mass is 16.3. The maximum Gasteiger partial charge on any atom is 0.0693 e. The molecule has 3 heteroatoms. The van der Waals surface area contributed by atoms with Crippen LogP contribution in [0, 0.1) is 0 Å². The van der Waals surface area contributed by atoms with E-state index in [1.165, 1.54) is 18.5 Å². The first-order chi connectivity index (χ1) is 9.27. The van der Waals surface area contributed by atoms with Crippen molar-refractivity contribution in [3.8, 4) is 0 Å². The predicted molar refractivity (Wildman–Crippen MR) is 80.6 cm³/mol. The number of benzene rings is 1. The van der Waals surface area contributed by atoms with Crippen LogP contribution in [0.15, 0.2) is 30.3 Å². The molecule has 0 bridgehead atoms. The van der Waals surface area contributed by atoms with Crippen molar-refractivity contribution < 1.29 is 5.11 Å². The summed E-state index contributed by atoms with van der Waals surface area (Å²) in [5, 5.41) is 13.4. The van der Waals surface area contributed by atoms with Gasteiger partial charge in [0.25, 0.3) is 0 Å². The minimum atomic E-state index is -0.138. The van der Waals surface area contributed by atoms with E-state index in [1.54, 1.807) is 0 Å². The fourth-order valence-electron chi connectivity index (χ4n) is 2.76. The van der Waals surface area contributed by atoms with Crippen LogP contribution in [0.25, 0.3) is 0 Å². The predicted octanol–water partition coefficient (Wildman–Crippen LogP) is 2.41. The summed E-state index contributed by atoms with van der Waals surface area (Å²) < 4.78 is 0. The summed E-state index contributed by atoms with van der Waals surface area (Å²) in [6.45, 7) is 2.03. The zero-order chi connectivity index (χ0) is 13.5. The van der Waals surface area contributed by atoms with E-state index >= 15 is 0 Å². The number of hydrogen-bond acceptors (Lipinski definition) is 3. The Hall–Kier alpha value is -1.06. The Morgan fingerprint density at radius 1 is 1.21 bits per heavy atom. The molecule has 2 atom stereocenters. The fourth-order valence-corrected chi connectivity index (χ4v) is 2.76. The molecule has 3 nitrogen and oxygen atoms in total. The van der Waals surface area contributed by atoms with Gasteiger partial charge in [-0.3, -0.25) is 0 Å². The van der Waals surface area contributed by atoms with E-state index in [0.717, 1.165) is 32.4 Å². The minimum Gasteiger partial charge on any atom is -0.392 e. The molecule has 0 radical (unpaired) electrons. The second-order valence-corrected chi connectivity index (χ2v) is 5.52. The highest BCUT2D eigenvalue weighted by Crippen LogP contribution is 2.18. The van der Waals surface area contributed by atoms with E-state index < -0.39 is 0 Å². The van der Waals surface area contributed by atoms with Crippen LogP contribution < -0.4 is 10.2 Å². The van der Waals surface area contributed by atoms with Gasteiger partial charge in [-0.15, -0.1) is 0 Å². The number of hydrogen-bond donors (Lipinski definition) is 2. The van der Waals surface area contributed by atoms with Crippen LogP contribution in [0.1, 0.15) is 32.1 Å². The number of rotatable bonds is 6. The Morgan fingerprint density at radius 3 is 2.68 bits per heavy atom. The average Bonchev–Trinajstić information content (AvgIpc) is 2.46. The summed E-state index contributed by atoms with van der Waals surface area (Å²) in [4.78, 5) is 2.28. The van der Waals surface area contributed by atoms with Gasteiger partial charge in [0.2, 0.25) is 0 Å². The van der Waals surface area contributed by atoms with E-state index in [4.69, 9.17) is 0 Å². The van der Waals surface area contributed by atoms with E-state index in [9.17, 15) is 5.11 Å². The summed E-state index contributed by atoms with van der Waals surface area (Å²) in [7, 11) is 2.13. The smallest absolute Gasteiger partial charge is 0.0693 e. The number of aliphatic hydroxyl groups is 1. The average molecular weight is 262 g/mol. The van der Waals surface area contributed by atoms with Gasteiger partial charge < -0.3 is 15.3 Å². The van der Waals surface area contributed by atoms with Gasteiger partial charge >= 0.3 is 0 Å². The van der Waals surface area contributed by atoms with Crippen LogP contribution in [0.2, 0.25) is 0 Å². The van der Waals surface area contributed by atoms with Crippen molar-refractivity contribution in [2.24, 2.45) is 0 Å². The van der Waals surface area contributed by atoms with Crippen LogP contribution in [0.3, 0.4) is 0 Å². The van der Waals surface area contributed by atoms with E-state index in [1.807, 2.05) is 6.07 Å². The number of nitrogens with zero attached hydrogens (tertiary/aromatic N) is 1. The monoisotopic (exact) mass is 262 g/mol. The summed E-state index contributed by atoms with van der Waals surface area (Å²) in [6.07, 6.45) is 5.47. The lowest BCUT2D eigenvalue weighted by atomic mass is 9.92. The molecule has 106 valence electrons. The maximum atomic E-state index is 9.88. The van der Waals surface area contributed by atoms with E-state index in [-0.39, 0.29) is 6.10 Å². The molecule has 0 aliphatic heterocycles. The van der Waals surface area contributed by atoms with Gasteiger partial charge in [-0.2, -0.15) is 0 Å². The van der Waals surface area contributed by atoms with Gasteiger partial charge in [0, 0.05) is 25.3 Å². The standard InChI is InChI=1S/C16H26N2O/c1-18(14-8-3-2-4-9-14)13-7-12-17-15-10-5-6-11-16(15)19/h2-4,8-9,15-17,19H,5-7,10-13H2,1H3. The molecule has 2 rings (SSSR count). The van der Waals surface area contributed by atoms with E-state index in [2.05, 4.69) is 41.5 Å². The second kappa shape index (κ2) is 7.51. The maximum absolute atomic E-state index is 9.88. The first-order valence-electron chi connectivity index (χ1n) is 7.45. The van der Waals surface area contributed by atoms with Crippen molar-refractivity contribution >= 4 is 5.69 Å². The Balaban J connectivity index is 1.64. The minimum absolute atomic E-state index is 0.138. The number of para-hydroxylation sites is 1. The lowest BCUT2D eigenvalue weighted by Gasteiger charge is -2.29. The highest BCUT2D eigenvalue weighted by Gasteiger charge is 2.21. The second-order valence-electron chi connectivity index (χ2n) is 5.52. The molecule has 2 unspecified atom stereocenters. The van der Waals surface area contributed by atoms with Crippen molar-refractivity contribution in [3.63, 3.8) is 0 Å². The molecule has 2 N–H and O–H groups in total. The molecular formula is C16H26N2O. The zero-order valence-electron chi connectivity index (χ0n) is 11.9. The quantitative estimate of drug-likeness (QED) is 0.773. The van der Waals surface area contributed by atoms with Gasteiger partial charge in [0.1, 0.15) is 0 Å². The summed E-state index contributed by atoms with van der Waals surface area (Å²) in [5.74, 6) is 0. The number of nitrogens with one attached hydrogen (secondary N) is 1. The lowest BCUT2D eigenvalue weighted by Crippen LogP contribution is -2.42. The Bertz CT molecular complexity index is 355. The van der Waals surface area contributed by atoms with Crippen LogP contribution in [-0.4, -0.2) is 37.4 Å². The molecule has 0 amide bonds. The van der Waals surface area contributed by atoms with Crippen LogP contribution in [0.4, 0.5) is 5.69 Å². The van der Waals surface area contributed by atoms with Crippen LogP contribution in [-0.2, 0) is 0 Å². The van der Waals surface area contributed by atoms with Gasteiger partial charge in [0.05, 0.1) is 6.10 Å². The van der Waals surface area contributed by atoms with Crippen molar-refractivity contribution in [1.82, 2.24) is 5.32 Å². The summed E-state index contributed by atoms with van der Waals surface area (Å²) in [6, 6.07) is 10.8.